The van der Waals surface area contributed by atoms with Gasteiger partial charge in [0.1, 0.15) is 24.2 Å². The van der Waals surface area contributed by atoms with Gasteiger partial charge in [-0.15, -0.1) is 0 Å². The summed E-state index contributed by atoms with van der Waals surface area (Å²) in [6, 6.07) is 15.2. The number of nitrogens with zero attached hydrogens (tertiary/aromatic N) is 2. The van der Waals surface area contributed by atoms with Crippen molar-refractivity contribution in [3.63, 3.8) is 0 Å². The van der Waals surface area contributed by atoms with Gasteiger partial charge in [0.2, 0.25) is 0 Å². The molecule has 0 bridgehead atoms. The molecule has 1 aliphatic heterocycles. The molecule has 1 unspecified atom stereocenters. The Bertz CT molecular complexity index is 776. The predicted molar refractivity (Wildman–Crippen MR) is 113 cm³/mol. The Labute approximate surface area is 172 Å². The van der Waals surface area contributed by atoms with Gasteiger partial charge in [-0.25, -0.2) is 4.79 Å². The second-order valence-corrected chi connectivity index (χ2v) is 7.61. The van der Waals surface area contributed by atoms with Gasteiger partial charge in [0, 0.05) is 32.7 Å². The second-order valence-electron chi connectivity index (χ2n) is 7.61. The molecule has 0 radical (unpaired) electrons. The zero-order chi connectivity index (χ0) is 20.6. The van der Waals surface area contributed by atoms with Crippen LogP contribution in [0.1, 0.15) is 17.5 Å². The number of hydrogen-bond donors (Lipinski definition) is 1. The van der Waals surface area contributed by atoms with Crippen LogP contribution in [0.15, 0.2) is 48.5 Å². The summed E-state index contributed by atoms with van der Waals surface area (Å²) in [4.78, 5) is 16.3. The van der Waals surface area contributed by atoms with Crippen molar-refractivity contribution in [2.75, 3.05) is 39.3 Å². The molecule has 1 N–H and O–H groups in total. The van der Waals surface area contributed by atoms with Crippen LogP contribution < -0.4 is 9.47 Å². The first-order valence-electron chi connectivity index (χ1n) is 10.1. The van der Waals surface area contributed by atoms with Gasteiger partial charge in [0.15, 0.2) is 0 Å². The molecule has 1 atom stereocenters. The van der Waals surface area contributed by atoms with Crippen LogP contribution in [0.25, 0.3) is 0 Å². The highest BCUT2D eigenvalue weighted by Gasteiger charge is 2.22. The smallest absolute Gasteiger partial charge is 0.415 e. The van der Waals surface area contributed by atoms with E-state index in [2.05, 4.69) is 11.0 Å². The van der Waals surface area contributed by atoms with Crippen molar-refractivity contribution < 1.29 is 19.4 Å². The predicted octanol–water partition coefficient (Wildman–Crippen LogP) is 3.25. The number of aryl methyl sites for hydroxylation is 2. The molecule has 1 heterocycles. The fourth-order valence-corrected chi connectivity index (χ4v) is 3.55. The van der Waals surface area contributed by atoms with Crippen molar-refractivity contribution >= 4 is 6.09 Å². The van der Waals surface area contributed by atoms with E-state index in [0.717, 1.165) is 29.8 Å². The van der Waals surface area contributed by atoms with Crippen LogP contribution in [0.5, 0.6) is 11.5 Å². The SMILES string of the molecule is Cc1cc(C)cc(OCC(O)CN2CCCN(C(=O)Oc3ccccc3)CC2)c1. The van der Waals surface area contributed by atoms with Gasteiger partial charge in [-0.05, 0) is 55.7 Å². The Morgan fingerprint density at radius 1 is 1.00 bits per heavy atom. The number of para-hydroxylation sites is 1. The zero-order valence-corrected chi connectivity index (χ0v) is 17.2. The lowest BCUT2D eigenvalue weighted by Crippen LogP contribution is -2.40. The summed E-state index contributed by atoms with van der Waals surface area (Å²) in [6.45, 7) is 7.59. The molecule has 0 aliphatic carbocycles. The molecule has 6 nitrogen and oxygen atoms in total. The van der Waals surface area contributed by atoms with Gasteiger partial charge in [0.25, 0.3) is 0 Å². The number of aliphatic hydroxyl groups excluding tert-OH is 1. The number of aliphatic hydroxyl groups is 1. The molecule has 1 amide bonds. The third kappa shape index (κ3) is 6.76. The molecule has 29 heavy (non-hydrogen) atoms. The molecule has 1 fully saturated rings. The first kappa shape index (κ1) is 21.1. The van der Waals surface area contributed by atoms with Gasteiger partial charge < -0.3 is 19.5 Å². The van der Waals surface area contributed by atoms with Crippen molar-refractivity contribution in [1.29, 1.82) is 0 Å². The molecule has 1 aliphatic rings. The molecule has 0 spiro atoms. The fourth-order valence-electron chi connectivity index (χ4n) is 3.55. The third-order valence-corrected chi connectivity index (χ3v) is 4.90. The standard InChI is InChI=1S/C23H30N2O4/c1-18-13-19(2)15-22(14-18)28-17-20(26)16-24-9-6-10-25(12-11-24)23(27)29-21-7-4-3-5-8-21/h3-5,7-8,13-15,20,26H,6,9-12,16-17H2,1-2H3. The Morgan fingerprint density at radius 3 is 2.45 bits per heavy atom. The van der Waals surface area contributed by atoms with Crippen LogP contribution in [0.4, 0.5) is 4.79 Å². The average molecular weight is 399 g/mol. The van der Waals surface area contributed by atoms with E-state index >= 15 is 0 Å². The number of carbonyl (C=O) groups is 1. The van der Waals surface area contributed by atoms with E-state index in [0.29, 0.717) is 31.9 Å². The maximum Gasteiger partial charge on any atom is 0.415 e. The van der Waals surface area contributed by atoms with E-state index in [-0.39, 0.29) is 12.7 Å². The zero-order valence-electron chi connectivity index (χ0n) is 17.2. The number of hydrogen-bond acceptors (Lipinski definition) is 5. The van der Waals surface area contributed by atoms with Gasteiger partial charge in [-0.2, -0.15) is 0 Å². The van der Waals surface area contributed by atoms with Gasteiger partial charge in [-0.1, -0.05) is 24.3 Å². The van der Waals surface area contributed by atoms with Gasteiger partial charge in [0.05, 0.1) is 0 Å². The summed E-state index contributed by atoms with van der Waals surface area (Å²) in [5, 5.41) is 10.4. The minimum Gasteiger partial charge on any atom is -0.491 e. The largest absolute Gasteiger partial charge is 0.491 e. The lowest BCUT2D eigenvalue weighted by Gasteiger charge is -2.24. The molecule has 0 saturated carbocycles. The molecule has 1 saturated heterocycles. The molecule has 2 aromatic carbocycles. The molecule has 0 aromatic heterocycles. The number of carbonyl (C=O) groups excluding carboxylic acids is 1. The van der Waals surface area contributed by atoms with E-state index in [1.165, 1.54) is 0 Å². The number of ether oxygens (including phenoxy) is 2. The number of rotatable bonds is 6. The lowest BCUT2D eigenvalue weighted by molar-refractivity contribution is 0.0693. The van der Waals surface area contributed by atoms with Crippen LogP contribution in [0.2, 0.25) is 0 Å². The van der Waals surface area contributed by atoms with Crippen molar-refractivity contribution in [3.05, 3.63) is 59.7 Å². The second kappa shape index (κ2) is 10.3. The summed E-state index contributed by atoms with van der Waals surface area (Å²) in [5.74, 6) is 1.34. The Morgan fingerprint density at radius 2 is 1.72 bits per heavy atom. The lowest BCUT2D eigenvalue weighted by atomic mass is 10.1. The van der Waals surface area contributed by atoms with E-state index < -0.39 is 6.10 Å². The van der Waals surface area contributed by atoms with Crippen LogP contribution >= 0.6 is 0 Å². The quantitative estimate of drug-likeness (QED) is 0.809. The topological polar surface area (TPSA) is 62.2 Å². The minimum atomic E-state index is -0.585. The van der Waals surface area contributed by atoms with Gasteiger partial charge in [-0.3, -0.25) is 4.90 Å². The van der Waals surface area contributed by atoms with E-state index in [1.54, 1.807) is 17.0 Å². The highest BCUT2D eigenvalue weighted by molar-refractivity contribution is 5.70. The number of amides is 1. The van der Waals surface area contributed by atoms with Crippen molar-refractivity contribution in [2.45, 2.75) is 26.4 Å². The van der Waals surface area contributed by atoms with Crippen molar-refractivity contribution in [1.82, 2.24) is 9.80 Å². The molecule has 156 valence electrons. The maximum absolute atomic E-state index is 12.4. The summed E-state index contributed by atoms with van der Waals surface area (Å²) in [7, 11) is 0. The molecular formula is C23H30N2O4. The summed E-state index contributed by atoms with van der Waals surface area (Å²) in [5.41, 5.74) is 2.29. The first-order chi connectivity index (χ1) is 14.0. The summed E-state index contributed by atoms with van der Waals surface area (Å²) in [6.07, 6.45) is -0.0652. The Kier molecular flexibility index (Phi) is 7.49. The number of β-amino-alcohol motifs (C(OH)–C–C–N with tert-alkyl or cyclic N) is 1. The highest BCUT2D eigenvalue weighted by atomic mass is 16.6. The normalized spacial score (nSPS) is 16.2. The van der Waals surface area contributed by atoms with Crippen molar-refractivity contribution in [3.8, 4) is 11.5 Å². The first-order valence-corrected chi connectivity index (χ1v) is 10.1. The molecule has 3 rings (SSSR count). The van der Waals surface area contributed by atoms with Crippen molar-refractivity contribution in [2.24, 2.45) is 0 Å². The fraction of sp³-hybridized carbons (Fsp3) is 0.435. The van der Waals surface area contributed by atoms with E-state index in [9.17, 15) is 9.90 Å². The summed E-state index contributed by atoms with van der Waals surface area (Å²) < 4.78 is 11.2. The van der Waals surface area contributed by atoms with Crippen LogP contribution in [-0.4, -0.2) is 66.4 Å². The minimum absolute atomic E-state index is 0.249. The molecular weight excluding hydrogens is 368 g/mol. The molecule has 6 heteroatoms. The maximum atomic E-state index is 12.4. The third-order valence-electron chi connectivity index (χ3n) is 4.90. The molecule has 2 aromatic rings. The van der Waals surface area contributed by atoms with Crippen LogP contribution in [0.3, 0.4) is 0 Å². The van der Waals surface area contributed by atoms with Crippen LogP contribution in [-0.2, 0) is 0 Å². The Hall–Kier alpha value is -2.57. The van der Waals surface area contributed by atoms with E-state index in [4.69, 9.17) is 9.47 Å². The average Bonchev–Trinajstić information content (AvgIpc) is 2.92. The van der Waals surface area contributed by atoms with Crippen LogP contribution in [0, 0.1) is 13.8 Å². The van der Waals surface area contributed by atoms with E-state index in [1.807, 2.05) is 44.2 Å². The number of benzene rings is 2. The van der Waals surface area contributed by atoms with Gasteiger partial charge >= 0.3 is 6.09 Å². The monoisotopic (exact) mass is 398 g/mol. The Balaban J connectivity index is 1.43. The summed E-state index contributed by atoms with van der Waals surface area (Å²) >= 11 is 0. The highest BCUT2D eigenvalue weighted by Crippen LogP contribution is 2.17.